The molecule has 0 aliphatic carbocycles. The number of hydrogen-bond acceptors (Lipinski definition) is 3. The van der Waals surface area contributed by atoms with Gasteiger partial charge >= 0.3 is 0 Å². The van der Waals surface area contributed by atoms with Crippen molar-refractivity contribution in [1.29, 1.82) is 0 Å². The molecular weight excluding hydrogens is 278 g/mol. The van der Waals surface area contributed by atoms with E-state index in [1.165, 1.54) is 0 Å². The number of imidazole rings is 1. The maximum Gasteiger partial charge on any atom is 0.220 e. The normalized spacial score (nSPS) is 18.9. The summed E-state index contributed by atoms with van der Waals surface area (Å²) in [4.78, 5) is 15.9. The second-order valence-electron chi connectivity index (χ2n) is 5.15. The van der Waals surface area contributed by atoms with Crippen LogP contribution in [0.2, 0.25) is 0 Å². The number of hydrogen-bond donors (Lipinski definition) is 1. The minimum Gasteiger partial charge on any atom is -0.352 e. The summed E-state index contributed by atoms with van der Waals surface area (Å²) >= 11 is 6.02. The summed E-state index contributed by atoms with van der Waals surface area (Å²) in [5.41, 5.74) is 2.83. The van der Waals surface area contributed by atoms with Gasteiger partial charge in [0.2, 0.25) is 5.91 Å². The van der Waals surface area contributed by atoms with Crippen LogP contribution in [-0.4, -0.2) is 31.3 Å². The Labute approximate surface area is 122 Å². The molecule has 3 heterocycles. The van der Waals surface area contributed by atoms with Crippen molar-refractivity contribution in [2.75, 3.05) is 0 Å². The minimum atomic E-state index is 0.124. The third-order valence-electron chi connectivity index (χ3n) is 3.78. The quantitative estimate of drug-likeness (QED) is 0.871. The first-order valence-corrected chi connectivity index (χ1v) is 7.45. The number of aryl methyl sites for hydroxylation is 2. The van der Waals surface area contributed by atoms with Gasteiger partial charge in [0.05, 0.1) is 11.6 Å². The molecule has 1 aliphatic heterocycles. The Morgan fingerprint density at radius 2 is 2.30 bits per heavy atom. The molecule has 2 aromatic heterocycles. The molecule has 0 saturated carbocycles. The van der Waals surface area contributed by atoms with Crippen molar-refractivity contribution in [3.8, 4) is 0 Å². The van der Waals surface area contributed by atoms with Crippen LogP contribution >= 0.6 is 11.6 Å². The van der Waals surface area contributed by atoms with E-state index in [0.29, 0.717) is 18.8 Å². The molecule has 1 saturated heterocycles. The zero-order valence-electron chi connectivity index (χ0n) is 11.7. The lowest BCUT2D eigenvalue weighted by atomic mass is 10.2. The lowest BCUT2D eigenvalue weighted by Gasteiger charge is -2.14. The molecule has 1 unspecified atom stereocenters. The Balaban J connectivity index is 2.04. The fourth-order valence-corrected chi connectivity index (χ4v) is 3.02. The van der Waals surface area contributed by atoms with E-state index in [1.54, 1.807) is 0 Å². The fourth-order valence-electron chi connectivity index (χ4n) is 2.82. The highest BCUT2D eigenvalue weighted by atomic mass is 35.5. The third-order valence-corrected chi connectivity index (χ3v) is 4.02. The summed E-state index contributed by atoms with van der Waals surface area (Å²) in [5.74, 6) is 1.32. The van der Waals surface area contributed by atoms with E-state index in [-0.39, 0.29) is 11.9 Å². The van der Waals surface area contributed by atoms with Gasteiger partial charge < -0.3 is 9.88 Å². The molecule has 0 aromatic carbocycles. The van der Waals surface area contributed by atoms with Crippen LogP contribution in [0.5, 0.6) is 0 Å². The summed E-state index contributed by atoms with van der Waals surface area (Å²) < 4.78 is 4.05. The SMILES string of the molecule is CCn1nc(C)c2nc(CCl)n(CC3CCC(=O)N3)c21. The molecule has 1 N–H and O–H groups in total. The molecule has 0 radical (unpaired) electrons. The van der Waals surface area contributed by atoms with Crippen LogP contribution in [0.3, 0.4) is 0 Å². The van der Waals surface area contributed by atoms with E-state index in [2.05, 4.69) is 26.9 Å². The molecule has 1 aliphatic rings. The van der Waals surface area contributed by atoms with Crippen molar-refractivity contribution in [3.05, 3.63) is 11.5 Å². The number of aromatic nitrogens is 4. The van der Waals surface area contributed by atoms with Crippen LogP contribution in [0.4, 0.5) is 0 Å². The van der Waals surface area contributed by atoms with E-state index in [4.69, 9.17) is 11.6 Å². The zero-order chi connectivity index (χ0) is 14.3. The Hall–Kier alpha value is -1.56. The van der Waals surface area contributed by atoms with Gasteiger partial charge in [0, 0.05) is 25.6 Å². The summed E-state index contributed by atoms with van der Waals surface area (Å²) in [7, 11) is 0. The molecule has 7 heteroatoms. The van der Waals surface area contributed by atoms with Crippen molar-refractivity contribution >= 4 is 28.7 Å². The molecule has 1 atom stereocenters. The van der Waals surface area contributed by atoms with Crippen molar-refractivity contribution in [1.82, 2.24) is 24.6 Å². The second-order valence-corrected chi connectivity index (χ2v) is 5.42. The topological polar surface area (TPSA) is 64.7 Å². The minimum absolute atomic E-state index is 0.124. The van der Waals surface area contributed by atoms with Crippen LogP contribution < -0.4 is 5.32 Å². The number of alkyl halides is 1. The molecule has 108 valence electrons. The standard InChI is InChI=1S/C13H18ClN5O/c1-3-19-13-12(8(2)17-19)16-10(6-14)18(13)7-9-4-5-11(20)15-9/h9H,3-7H2,1-2H3,(H,15,20). The Morgan fingerprint density at radius 3 is 2.90 bits per heavy atom. The Morgan fingerprint density at radius 1 is 1.50 bits per heavy atom. The number of nitrogens with one attached hydrogen (secondary N) is 1. The molecule has 2 aromatic rings. The average Bonchev–Trinajstić information content (AvgIpc) is 3.08. The molecule has 1 fully saturated rings. The highest BCUT2D eigenvalue weighted by Crippen LogP contribution is 2.22. The lowest BCUT2D eigenvalue weighted by molar-refractivity contribution is -0.119. The maximum absolute atomic E-state index is 11.3. The molecule has 1 amide bonds. The molecule has 20 heavy (non-hydrogen) atoms. The summed E-state index contributed by atoms with van der Waals surface area (Å²) in [5, 5.41) is 7.49. The first-order valence-electron chi connectivity index (χ1n) is 6.91. The van der Waals surface area contributed by atoms with E-state index >= 15 is 0 Å². The van der Waals surface area contributed by atoms with Gasteiger partial charge in [0.25, 0.3) is 0 Å². The Kier molecular flexibility index (Phi) is 3.41. The van der Waals surface area contributed by atoms with Crippen molar-refractivity contribution < 1.29 is 4.79 Å². The average molecular weight is 296 g/mol. The molecule has 0 bridgehead atoms. The number of amides is 1. The summed E-state index contributed by atoms with van der Waals surface area (Å²) in [6, 6.07) is 0.155. The number of halogens is 1. The van der Waals surface area contributed by atoms with Gasteiger partial charge in [-0.1, -0.05) is 0 Å². The van der Waals surface area contributed by atoms with Crippen molar-refractivity contribution in [2.24, 2.45) is 0 Å². The number of carbonyl (C=O) groups is 1. The van der Waals surface area contributed by atoms with E-state index in [1.807, 2.05) is 11.6 Å². The monoisotopic (exact) mass is 295 g/mol. The van der Waals surface area contributed by atoms with E-state index in [9.17, 15) is 4.79 Å². The maximum atomic E-state index is 11.3. The third kappa shape index (κ3) is 2.08. The largest absolute Gasteiger partial charge is 0.352 e. The number of fused-ring (bicyclic) bond motifs is 1. The van der Waals surface area contributed by atoms with Gasteiger partial charge in [-0.3, -0.25) is 4.79 Å². The second kappa shape index (κ2) is 5.09. The molecular formula is C13H18ClN5O. The van der Waals surface area contributed by atoms with Gasteiger partial charge in [-0.2, -0.15) is 5.10 Å². The number of rotatable bonds is 4. The van der Waals surface area contributed by atoms with E-state index in [0.717, 1.165) is 35.6 Å². The van der Waals surface area contributed by atoms with E-state index < -0.39 is 0 Å². The first-order chi connectivity index (χ1) is 9.63. The summed E-state index contributed by atoms with van der Waals surface area (Å²) in [6.45, 7) is 5.51. The van der Waals surface area contributed by atoms with Gasteiger partial charge in [-0.05, 0) is 20.3 Å². The molecule has 6 nitrogen and oxygen atoms in total. The van der Waals surface area contributed by atoms with Crippen LogP contribution in [0.15, 0.2) is 0 Å². The first kappa shape index (κ1) is 13.4. The van der Waals surface area contributed by atoms with Crippen LogP contribution in [-0.2, 0) is 23.8 Å². The predicted molar refractivity (Wildman–Crippen MR) is 76.7 cm³/mol. The van der Waals surface area contributed by atoms with Gasteiger partial charge in [-0.15, -0.1) is 11.6 Å². The summed E-state index contributed by atoms with van der Waals surface area (Å²) in [6.07, 6.45) is 1.46. The van der Waals surface area contributed by atoms with Crippen LogP contribution in [0.25, 0.3) is 11.2 Å². The Bertz CT molecular complexity index is 659. The molecule has 0 spiro atoms. The number of carbonyl (C=O) groups excluding carboxylic acids is 1. The fraction of sp³-hybridized carbons (Fsp3) is 0.615. The molecule has 3 rings (SSSR count). The van der Waals surface area contributed by atoms with Crippen molar-refractivity contribution in [2.45, 2.75) is 51.7 Å². The number of nitrogens with zero attached hydrogens (tertiary/aromatic N) is 4. The van der Waals surface area contributed by atoms with Crippen LogP contribution in [0, 0.1) is 6.92 Å². The smallest absolute Gasteiger partial charge is 0.220 e. The van der Waals surface area contributed by atoms with Gasteiger partial charge in [-0.25, -0.2) is 9.67 Å². The van der Waals surface area contributed by atoms with Crippen LogP contribution in [0.1, 0.15) is 31.3 Å². The highest BCUT2D eigenvalue weighted by molar-refractivity contribution is 6.16. The zero-order valence-corrected chi connectivity index (χ0v) is 12.4. The predicted octanol–water partition coefficient (Wildman–Crippen LogP) is 1.58. The van der Waals surface area contributed by atoms with Gasteiger partial charge in [0.1, 0.15) is 11.3 Å². The highest BCUT2D eigenvalue weighted by Gasteiger charge is 2.25. The van der Waals surface area contributed by atoms with Gasteiger partial charge in [0.15, 0.2) is 5.65 Å². The van der Waals surface area contributed by atoms with Crippen molar-refractivity contribution in [3.63, 3.8) is 0 Å². The lowest BCUT2D eigenvalue weighted by Crippen LogP contribution is -2.30.